The minimum Gasteiger partial charge on any atom is -0.492 e. The molecule has 0 aromatic heterocycles. The van der Waals surface area contributed by atoms with E-state index in [-0.39, 0.29) is 0 Å². The van der Waals surface area contributed by atoms with Crippen LogP contribution in [0, 0.1) is 0 Å². The van der Waals surface area contributed by atoms with E-state index in [2.05, 4.69) is 163 Å². The maximum absolute atomic E-state index is 6.14. The van der Waals surface area contributed by atoms with Crippen molar-refractivity contribution in [2.24, 2.45) is 0 Å². The Labute approximate surface area is 249 Å². The van der Waals surface area contributed by atoms with Crippen LogP contribution in [0.3, 0.4) is 0 Å². The summed E-state index contributed by atoms with van der Waals surface area (Å²) in [7, 11) is 0. The standard InChI is InChI=1S/C40H35NO/c1-2-42-40-32-18-17-31-39(40)41(37-29-15-13-27-35(37)25-11-9-23-33-19-5-3-6-20-33)38-30-16-14-28-36(38)26-12-10-24-34-21-7-4-8-22-34/h3-32H,2H2,1H3. The molecule has 5 rings (SSSR count). The molecule has 0 bridgehead atoms. The number of nitrogens with zero attached hydrogens (tertiary/aromatic N) is 1. The van der Waals surface area contributed by atoms with E-state index in [9.17, 15) is 0 Å². The number of hydrogen-bond acceptors (Lipinski definition) is 2. The van der Waals surface area contributed by atoms with Crippen molar-refractivity contribution in [2.75, 3.05) is 11.5 Å². The Morgan fingerprint density at radius 1 is 0.452 bits per heavy atom. The Morgan fingerprint density at radius 2 is 0.857 bits per heavy atom. The molecule has 42 heavy (non-hydrogen) atoms. The van der Waals surface area contributed by atoms with Crippen LogP contribution in [-0.4, -0.2) is 6.61 Å². The molecule has 0 aliphatic rings. The quantitative estimate of drug-likeness (QED) is 0.153. The molecule has 0 aliphatic carbocycles. The largest absolute Gasteiger partial charge is 0.492 e. The number of rotatable bonds is 11. The molecule has 0 atom stereocenters. The number of anilines is 3. The highest BCUT2D eigenvalue weighted by atomic mass is 16.5. The average Bonchev–Trinajstić information content (AvgIpc) is 3.05. The van der Waals surface area contributed by atoms with Crippen molar-refractivity contribution in [3.05, 3.63) is 180 Å². The summed E-state index contributed by atoms with van der Waals surface area (Å²) in [6.45, 7) is 2.61. The highest BCUT2D eigenvalue weighted by Gasteiger charge is 2.20. The fourth-order valence-corrected chi connectivity index (χ4v) is 4.75. The summed E-state index contributed by atoms with van der Waals surface area (Å²) in [5.41, 5.74) is 7.66. The SMILES string of the molecule is CCOc1ccccc1N(c1ccccc1C=CC=Cc1ccccc1)c1ccccc1C=CC=Cc1ccccc1. The molecular weight excluding hydrogens is 510 g/mol. The van der Waals surface area contributed by atoms with E-state index in [0.717, 1.165) is 33.9 Å². The molecule has 0 N–H and O–H groups in total. The van der Waals surface area contributed by atoms with Gasteiger partial charge in [0.05, 0.1) is 23.7 Å². The predicted molar refractivity (Wildman–Crippen MR) is 181 cm³/mol. The molecule has 0 spiro atoms. The van der Waals surface area contributed by atoms with E-state index >= 15 is 0 Å². The molecule has 2 heteroatoms. The first kappa shape index (κ1) is 28.2. The normalized spacial score (nSPS) is 11.6. The zero-order chi connectivity index (χ0) is 28.8. The van der Waals surface area contributed by atoms with Crippen LogP contribution in [-0.2, 0) is 0 Å². The summed E-state index contributed by atoms with van der Waals surface area (Å²) >= 11 is 0. The van der Waals surface area contributed by atoms with Gasteiger partial charge in [0.25, 0.3) is 0 Å². The molecule has 5 aromatic rings. The lowest BCUT2D eigenvalue weighted by Gasteiger charge is -2.30. The van der Waals surface area contributed by atoms with Crippen LogP contribution in [0.25, 0.3) is 24.3 Å². The average molecular weight is 546 g/mol. The fourth-order valence-electron chi connectivity index (χ4n) is 4.75. The van der Waals surface area contributed by atoms with E-state index in [1.165, 1.54) is 11.1 Å². The fraction of sp³-hybridized carbons (Fsp3) is 0.0500. The van der Waals surface area contributed by atoms with Gasteiger partial charge in [-0.2, -0.15) is 0 Å². The van der Waals surface area contributed by atoms with Gasteiger partial charge in [0.2, 0.25) is 0 Å². The van der Waals surface area contributed by atoms with Crippen molar-refractivity contribution in [1.82, 2.24) is 0 Å². The van der Waals surface area contributed by atoms with Gasteiger partial charge in [0.1, 0.15) is 5.75 Å². The van der Waals surface area contributed by atoms with Crippen LogP contribution in [0.2, 0.25) is 0 Å². The van der Waals surface area contributed by atoms with Crippen LogP contribution >= 0.6 is 0 Å². The van der Waals surface area contributed by atoms with Gasteiger partial charge < -0.3 is 9.64 Å². The van der Waals surface area contributed by atoms with Crippen LogP contribution in [0.15, 0.2) is 158 Å². The third-order valence-corrected chi connectivity index (χ3v) is 6.71. The van der Waals surface area contributed by atoms with E-state index < -0.39 is 0 Å². The van der Waals surface area contributed by atoms with Crippen LogP contribution in [0.5, 0.6) is 5.75 Å². The Morgan fingerprint density at radius 3 is 1.36 bits per heavy atom. The van der Waals surface area contributed by atoms with Crippen molar-refractivity contribution in [2.45, 2.75) is 6.92 Å². The van der Waals surface area contributed by atoms with Crippen LogP contribution in [0.4, 0.5) is 17.1 Å². The maximum atomic E-state index is 6.14. The van der Waals surface area contributed by atoms with Gasteiger partial charge in [-0.15, -0.1) is 0 Å². The number of hydrogen-bond donors (Lipinski definition) is 0. The molecule has 0 fully saturated rings. The van der Waals surface area contributed by atoms with Crippen molar-refractivity contribution < 1.29 is 4.74 Å². The molecule has 0 aliphatic heterocycles. The van der Waals surface area contributed by atoms with E-state index in [4.69, 9.17) is 4.74 Å². The number of benzene rings is 5. The van der Waals surface area contributed by atoms with Gasteiger partial charge in [-0.3, -0.25) is 0 Å². The third-order valence-electron chi connectivity index (χ3n) is 6.71. The maximum Gasteiger partial charge on any atom is 0.143 e. The highest BCUT2D eigenvalue weighted by molar-refractivity contribution is 5.88. The molecule has 206 valence electrons. The number of allylic oxidation sites excluding steroid dienone is 4. The summed E-state index contributed by atoms with van der Waals surface area (Å²) in [5, 5.41) is 0. The topological polar surface area (TPSA) is 12.5 Å². The summed E-state index contributed by atoms with van der Waals surface area (Å²) < 4.78 is 6.14. The summed E-state index contributed by atoms with van der Waals surface area (Å²) in [4.78, 5) is 2.30. The molecule has 2 nitrogen and oxygen atoms in total. The molecule has 0 amide bonds. The highest BCUT2D eigenvalue weighted by Crippen LogP contribution is 2.43. The summed E-state index contributed by atoms with van der Waals surface area (Å²) in [5.74, 6) is 0.838. The van der Waals surface area contributed by atoms with Crippen LogP contribution < -0.4 is 9.64 Å². The lowest BCUT2D eigenvalue weighted by atomic mass is 10.1. The van der Waals surface area contributed by atoms with Gasteiger partial charge >= 0.3 is 0 Å². The first-order valence-corrected chi connectivity index (χ1v) is 14.3. The molecule has 0 saturated carbocycles. The second kappa shape index (κ2) is 14.9. The van der Waals surface area contributed by atoms with Crippen molar-refractivity contribution >= 4 is 41.4 Å². The summed E-state index contributed by atoms with van der Waals surface area (Å²) in [6, 6.07) is 45.9. The smallest absolute Gasteiger partial charge is 0.143 e. The van der Waals surface area contributed by atoms with Crippen LogP contribution in [0.1, 0.15) is 29.2 Å². The van der Waals surface area contributed by atoms with Gasteiger partial charge in [-0.25, -0.2) is 0 Å². The molecule has 0 radical (unpaired) electrons. The lowest BCUT2D eigenvalue weighted by molar-refractivity contribution is 0.341. The third kappa shape index (κ3) is 7.44. The molecule has 0 heterocycles. The van der Waals surface area contributed by atoms with Crippen molar-refractivity contribution in [3.63, 3.8) is 0 Å². The van der Waals surface area contributed by atoms with Crippen molar-refractivity contribution in [1.29, 1.82) is 0 Å². The Bertz CT molecular complexity index is 1580. The second-order valence-electron chi connectivity index (χ2n) is 9.61. The molecule has 0 saturated heterocycles. The van der Waals surface area contributed by atoms with E-state index in [1.54, 1.807) is 0 Å². The zero-order valence-electron chi connectivity index (χ0n) is 23.9. The monoisotopic (exact) mass is 545 g/mol. The van der Waals surface area contributed by atoms with E-state index in [1.807, 2.05) is 31.2 Å². The predicted octanol–water partition coefficient (Wildman–Crippen LogP) is 11.0. The number of ether oxygens (including phenoxy) is 1. The van der Waals surface area contributed by atoms with Crippen molar-refractivity contribution in [3.8, 4) is 5.75 Å². The molecular formula is C40H35NO. The first-order valence-electron chi connectivity index (χ1n) is 14.3. The van der Waals surface area contributed by atoms with E-state index in [0.29, 0.717) is 6.61 Å². The van der Waals surface area contributed by atoms with Gasteiger partial charge in [0, 0.05) is 0 Å². The molecule has 5 aromatic carbocycles. The zero-order valence-corrected chi connectivity index (χ0v) is 23.9. The van der Waals surface area contributed by atoms with Gasteiger partial charge in [-0.05, 0) is 53.4 Å². The second-order valence-corrected chi connectivity index (χ2v) is 9.61. The van der Waals surface area contributed by atoms with Gasteiger partial charge in [0.15, 0.2) is 0 Å². The summed E-state index contributed by atoms with van der Waals surface area (Å²) in [6.07, 6.45) is 16.9. The Balaban J connectivity index is 1.56. The Hall–Kier alpha value is -5.34. The number of para-hydroxylation sites is 4. The lowest BCUT2D eigenvalue weighted by Crippen LogP contribution is -2.14. The van der Waals surface area contributed by atoms with Gasteiger partial charge in [-0.1, -0.05) is 158 Å². The minimum atomic E-state index is 0.586. The minimum absolute atomic E-state index is 0.586. The Kier molecular flexibility index (Phi) is 9.99. The molecule has 0 unspecified atom stereocenters. The first-order chi connectivity index (χ1) is 20.8.